The Morgan fingerprint density at radius 3 is 2.88 bits per heavy atom. The van der Waals surface area contributed by atoms with Gasteiger partial charge in [0, 0.05) is 14.1 Å². The van der Waals surface area contributed by atoms with Gasteiger partial charge in [0.05, 0.1) is 22.8 Å². The van der Waals surface area contributed by atoms with Gasteiger partial charge in [-0.25, -0.2) is 0 Å². The highest BCUT2D eigenvalue weighted by molar-refractivity contribution is 6.32. The summed E-state index contributed by atoms with van der Waals surface area (Å²) in [4.78, 5) is 12.9. The Kier molecular flexibility index (Phi) is 4.15. The van der Waals surface area contributed by atoms with E-state index < -0.39 is 0 Å². The summed E-state index contributed by atoms with van der Waals surface area (Å²) in [6.07, 6.45) is 0. The van der Waals surface area contributed by atoms with E-state index in [1.165, 1.54) is 0 Å². The molecule has 0 fully saturated rings. The molecule has 0 aliphatic carbocycles. The first-order valence-electron chi connectivity index (χ1n) is 4.70. The molecule has 1 amide bonds. The van der Waals surface area contributed by atoms with E-state index in [4.69, 9.17) is 16.9 Å². The lowest BCUT2D eigenvalue weighted by Crippen LogP contribution is -2.33. The first-order valence-corrected chi connectivity index (χ1v) is 5.08. The van der Waals surface area contributed by atoms with Gasteiger partial charge in [-0.15, -0.1) is 0 Å². The molecule has 84 valence electrons. The second-order valence-corrected chi connectivity index (χ2v) is 3.68. The molecule has 0 radical (unpaired) electrons. The van der Waals surface area contributed by atoms with E-state index in [1.54, 1.807) is 37.2 Å². The molecule has 0 aromatic heterocycles. The standard InChI is InChI=1S/C11H12ClN3O/c1-14-11(16)7-15(2)10-5-3-4-9(12)8(10)6-13/h3-5H,7H2,1-2H3,(H,14,16). The molecule has 1 N–H and O–H groups in total. The van der Waals surface area contributed by atoms with Crippen LogP contribution in [0.3, 0.4) is 0 Å². The molecule has 4 nitrogen and oxygen atoms in total. The van der Waals surface area contributed by atoms with Gasteiger partial charge in [-0.05, 0) is 12.1 Å². The molecule has 0 aliphatic rings. The maximum absolute atomic E-state index is 11.2. The molecule has 0 heterocycles. The lowest BCUT2D eigenvalue weighted by Gasteiger charge is -2.19. The number of hydrogen-bond acceptors (Lipinski definition) is 3. The molecular weight excluding hydrogens is 226 g/mol. The van der Waals surface area contributed by atoms with Gasteiger partial charge >= 0.3 is 0 Å². The largest absolute Gasteiger partial charge is 0.364 e. The van der Waals surface area contributed by atoms with E-state index in [0.717, 1.165) is 0 Å². The third-order valence-electron chi connectivity index (χ3n) is 2.17. The van der Waals surface area contributed by atoms with Crippen molar-refractivity contribution in [3.63, 3.8) is 0 Å². The molecule has 0 aliphatic heterocycles. The lowest BCUT2D eigenvalue weighted by molar-refractivity contribution is -0.119. The number of rotatable bonds is 3. The van der Waals surface area contributed by atoms with Crippen LogP contribution < -0.4 is 10.2 Å². The van der Waals surface area contributed by atoms with Crippen LogP contribution in [0.1, 0.15) is 5.56 Å². The van der Waals surface area contributed by atoms with Crippen molar-refractivity contribution in [1.82, 2.24) is 5.32 Å². The van der Waals surface area contributed by atoms with Crippen LogP contribution in [0.25, 0.3) is 0 Å². The Bertz CT molecular complexity index is 439. The van der Waals surface area contributed by atoms with Crippen LogP contribution >= 0.6 is 11.6 Å². The molecule has 5 heteroatoms. The summed E-state index contributed by atoms with van der Waals surface area (Å²) in [6, 6.07) is 7.19. The van der Waals surface area contributed by atoms with Crippen LogP contribution in [0.4, 0.5) is 5.69 Å². The molecular formula is C11H12ClN3O. The Labute approximate surface area is 99.4 Å². The van der Waals surface area contributed by atoms with Crippen molar-refractivity contribution in [3.05, 3.63) is 28.8 Å². The number of nitriles is 1. The molecule has 16 heavy (non-hydrogen) atoms. The quantitative estimate of drug-likeness (QED) is 0.865. The van der Waals surface area contributed by atoms with Gasteiger partial charge in [-0.1, -0.05) is 17.7 Å². The summed E-state index contributed by atoms with van der Waals surface area (Å²) in [6.45, 7) is 0.186. The van der Waals surface area contributed by atoms with E-state index in [9.17, 15) is 4.79 Å². The fraction of sp³-hybridized carbons (Fsp3) is 0.273. The van der Waals surface area contributed by atoms with Gasteiger partial charge in [-0.3, -0.25) is 4.79 Å². The second-order valence-electron chi connectivity index (χ2n) is 3.28. The van der Waals surface area contributed by atoms with Crippen LogP contribution in [-0.2, 0) is 4.79 Å². The molecule has 1 rings (SSSR count). The van der Waals surface area contributed by atoms with Gasteiger partial charge in [0.25, 0.3) is 0 Å². The number of carbonyl (C=O) groups excluding carboxylic acids is 1. The highest BCUT2D eigenvalue weighted by Gasteiger charge is 2.12. The van der Waals surface area contributed by atoms with E-state index in [0.29, 0.717) is 16.3 Å². The second kappa shape index (κ2) is 5.38. The van der Waals surface area contributed by atoms with Crippen LogP contribution in [0.2, 0.25) is 5.02 Å². The fourth-order valence-electron chi connectivity index (χ4n) is 1.32. The van der Waals surface area contributed by atoms with Crippen molar-refractivity contribution in [2.45, 2.75) is 0 Å². The van der Waals surface area contributed by atoms with Crippen molar-refractivity contribution >= 4 is 23.2 Å². The van der Waals surface area contributed by atoms with Gasteiger partial charge in [0.2, 0.25) is 5.91 Å². The normalized spacial score (nSPS) is 9.38. The first kappa shape index (κ1) is 12.3. The minimum atomic E-state index is -0.119. The van der Waals surface area contributed by atoms with E-state index in [-0.39, 0.29) is 12.5 Å². The Morgan fingerprint density at radius 1 is 1.62 bits per heavy atom. The van der Waals surface area contributed by atoms with Gasteiger partial charge in [0.1, 0.15) is 6.07 Å². The number of halogens is 1. The maximum atomic E-state index is 11.2. The summed E-state index contributed by atoms with van der Waals surface area (Å²) in [5.74, 6) is -0.119. The number of hydrogen-bond donors (Lipinski definition) is 1. The SMILES string of the molecule is CNC(=O)CN(C)c1cccc(Cl)c1C#N. The number of anilines is 1. The molecule has 0 spiro atoms. The lowest BCUT2D eigenvalue weighted by atomic mass is 10.2. The Morgan fingerprint density at radius 2 is 2.31 bits per heavy atom. The molecule has 0 bridgehead atoms. The highest BCUT2D eigenvalue weighted by atomic mass is 35.5. The van der Waals surface area contributed by atoms with E-state index in [1.807, 2.05) is 6.07 Å². The zero-order valence-corrected chi connectivity index (χ0v) is 9.88. The fourth-order valence-corrected chi connectivity index (χ4v) is 1.53. The molecule has 0 saturated carbocycles. The van der Waals surface area contributed by atoms with Crippen LogP contribution in [0, 0.1) is 11.3 Å². The molecule has 1 aromatic carbocycles. The number of benzene rings is 1. The summed E-state index contributed by atoms with van der Waals surface area (Å²) in [5.41, 5.74) is 1.04. The number of likely N-dealkylation sites (N-methyl/N-ethyl adjacent to an activating group) is 2. The van der Waals surface area contributed by atoms with Crippen molar-refractivity contribution in [3.8, 4) is 6.07 Å². The van der Waals surface area contributed by atoms with Crippen molar-refractivity contribution in [1.29, 1.82) is 5.26 Å². The number of amides is 1. The smallest absolute Gasteiger partial charge is 0.239 e. The highest BCUT2D eigenvalue weighted by Crippen LogP contribution is 2.25. The topological polar surface area (TPSA) is 56.1 Å². The maximum Gasteiger partial charge on any atom is 0.239 e. The summed E-state index contributed by atoms with van der Waals surface area (Å²) >= 11 is 5.89. The third-order valence-corrected chi connectivity index (χ3v) is 2.49. The van der Waals surface area contributed by atoms with Crippen LogP contribution in [-0.4, -0.2) is 26.5 Å². The Balaban J connectivity index is 3.00. The van der Waals surface area contributed by atoms with Crippen molar-refractivity contribution < 1.29 is 4.79 Å². The summed E-state index contributed by atoms with van der Waals surface area (Å²) in [5, 5.41) is 11.9. The predicted octanol–water partition coefficient (Wildman–Crippen LogP) is 1.39. The molecule has 0 atom stereocenters. The van der Waals surface area contributed by atoms with Gasteiger partial charge in [-0.2, -0.15) is 5.26 Å². The van der Waals surface area contributed by atoms with Crippen molar-refractivity contribution in [2.75, 3.05) is 25.5 Å². The molecule has 0 saturated heterocycles. The minimum absolute atomic E-state index is 0.119. The average molecular weight is 238 g/mol. The van der Waals surface area contributed by atoms with Gasteiger partial charge < -0.3 is 10.2 Å². The minimum Gasteiger partial charge on any atom is -0.364 e. The van der Waals surface area contributed by atoms with Crippen molar-refractivity contribution in [2.24, 2.45) is 0 Å². The number of nitrogens with one attached hydrogen (secondary N) is 1. The monoisotopic (exact) mass is 237 g/mol. The number of carbonyl (C=O) groups is 1. The van der Waals surface area contributed by atoms with E-state index in [2.05, 4.69) is 5.32 Å². The summed E-state index contributed by atoms with van der Waals surface area (Å²) < 4.78 is 0. The third kappa shape index (κ3) is 2.65. The Hall–Kier alpha value is -1.73. The molecule has 0 unspecified atom stereocenters. The van der Waals surface area contributed by atoms with Crippen LogP contribution in [0.15, 0.2) is 18.2 Å². The zero-order valence-electron chi connectivity index (χ0n) is 9.12. The van der Waals surface area contributed by atoms with E-state index >= 15 is 0 Å². The average Bonchev–Trinajstić information content (AvgIpc) is 2.28. The summed E-state index contributed by atoms with van der Waals surface area (Å²) in [7, 11) is 3.31. The molecule has 1 aromatic rings. The van der Waals surface area contributed by atoms with Gasteiger partial charge in [0.15, 0.2) is 0 Å². The zero-order chi connectivity index (χ0) is 12.1. The number of nitrogens with zero attached hydrogens (tertiary/aromatic N) is 2. The first-order chi connectivity index (χ1) is 7.60. The van der Waals surface area contributed by atoms with Crippen LogP contribution in [0.5, 0.6) is 0 Å². The predicted molar refractivity (Wildman–Crippen MR) is 63.5 cm³/mol.